The lowest BCUT2D eigenvalue weighted by molar-refractivity contribution is -0.119. The van der Waals surface area contributed by atoms with Crippen molar-refractivity contribution in [2.75, 3.05) is 10.6 Å². The number of carbonyl (C=O) groups is 2. The molecule has 4 nitrogen and oxygen atoms in total. The molecule has 1 heterocycles. The highest BCUT2D eigenvalue weighted by Gasteiger charge is 2.22. The molecule has 0 spiro atoms. The Morgan fingerprint density at radius 1 is 0.938 bits per heavy atom. The van der Waals surface area contributed by atoms with E-state index in [1.807, 2.05) is 24.3 Å². The van der Waals surface area contributed by atoms with Crippen molar-refractivity contribution in [2.24, 2.45) is 0 Å². The molecule has 0 aliphatic carbocycles. The number of hydrogen-bond acceptors (Lipinski definition) is 4. The van der Waals surface area contributed by atoms with Crippen molar-refractivity contribution >= 4 is 22.9 Å². The fourth-order valence-corrected chi connectivity index (χ4v) is 1.73. The SMILES string of the molecule is CC(=O)C(C(C)=O)=C1Nc2ccccc2N1. The molecule has 1 aromatic carbocycles. The molecule has 0 bridgehead atoms. The predicted octanol–water partition coefficient (Wildman–Crippen LogP) is 1.91. The molecule has 1 aromatic rings. The van der Waals surface area contributed by atoms with Crippen molar-refractivity contribution in [3.8, 4) is 0 Å². The van der Waals surface area contributed by atoms with Crippen LogP contribution in [0.5, 0.6) is 0 Å². The highest BCUT2D eigenvalue weighted by molar-refractivity contribution is 6.20. The van der Waals surface area contributed by atoms with Crippen LogP contribution in [-0.2, 0) is 9.59 Å². The zero-order chi connectivity index (χ0) is 11.7. The summed E-state index contributed by atoms with van der Waals surface area (Å²) in [5.74, 6) is -0.00758. The van der Waals surface area contributed by atoms with Crippen LogP contribution in [0.25, 0.3) is 0 Å². The van der Waals surface area contributed by atoms with E-state index in [1.165, 1.54) is 13.8 Å². The molecule has 0 aromatic heterocycles. The highest BCUT2D eigenvalue weighted by atomic mass is 16.1. The summed E-state index contributed by atoms with van der Waals surface area (Å²) in [5, 5.41) is 6.05. The van der Waals surface area contributed by atoms with Crippen molar-refractivity contribution in [1.82, 2.24) is 0 Å². The topological polar surface area (TPSA) is 58.2 Å². The monoisotopic (exact) mass is 216 g/mol. The molecular weight excluding hydrogens is 204 g/mol. The fraction of sp³-hybridized carbons (Fsp3) is 0.167. The van der Waals surface area contributed by atoms with Gasteiger partial charge in [0.15, 0.2) is 11.6 Å². The van der Waals surface area contributed by atoms with Crippen LogP contribution in [0.1, 0.15) is 13.8 Å². The third kappa shape index (κ3) is 1.69. The van der Waals surface area contributed by atoms with Crippen molar-refractivity contribution in [3.05, 3.63) is 35.7 Å². The summed E-state index contributed by atoms with van der Waals surface area (Å²) in [6.07, 6.45) is 0. The zero-order valence-corrected chi connectivity index (χ0v) is 9.13. The lowest BCUT2D eigenvalue weighted by atomic mass is 10.1. The Morgan fingerprint density at radius 3 is 1.75 bits per heavy atom. The summed E-state index contributed by atoms with van der Waals surface area (Å²) in [6, 6.07) is 7.54. The van der Waals surface area contributed by atoms with Crippen LogP contribution in [0.2, 0.25) is 0 Å². The normalized spacial score (nSPS) is 12.5. The molecule has 0 radical (unpaired) electrons. The molecule has 0 fully saturated rings. The molecule has 2 rings (SSSR count). The summed E-state index contributed by atoms with van der Waals surface area (Å²) in [6.45, 7) is 2.77. The first-order chi connectivity index (χ1) is 7.59. The Balaban J connectivity index is 2.44. The van der Waals surface area contributed by atoms with Gasteiger partial charge >= 0.3 is 0 Å². The molecular formula is C12H12N2O2. The molecule has 1 aliphatic rings. The van der Waals surface area contributed by atoms with Gasteiger partial charge in [-0.1, -0.05) is 12.1 Å². The van der Waals surface area contributed by atoms with Crippen LogP contribution in [-0.4, -0.2) is 11.6 Å². The number of nitrogens with one attached hydrogen (secondary N) is 2. The molecule has 16 heavy (non-hydrogen) atoms. The molecule has 0 saturated heterocycles. The number of rotatable bonds is 2. The summed E-state index contributed by atoms with van der Waals surface area (Å²) in [7, 11) is 0. The zero-order valence-electron chi connectivity index (χ0n) is 9.13. The molecule has 0 atom stereocenters. The summed E-state index contributed by atoms with van der Waals surface area (Å²) in [5.41, 5.74) is 1.92. The number of benzene rings is 1. The second-order valence-electron chi connectivity index (χ2n) is 3.66. The number of ketones is 2. The van der Waals surface area contributed by atoms with Gasteiger partial charge in [0.2, 0.25) is 0 Å². The van der Waals surface area contributed by atoms with Gasteiger partial charge in [-0.25, -0.2) is 0 Å². The fourth-order valence-electron chi connectivity index (χ4n) is 1.73. The molecule has 4 heteroatoms. The standard InChI is InChI=1S/C12H12N2O2/c1-7(15)11(8(2)16)12-13-9-5-3-4-6-10(9)14-12/h3-6,13-14H,1-2H3. The third-order valence-electron chi connectivity index (χ3n) is 2.40. The van der Waals surface area contributed by atoms with Crippen molar-refractivity contribution in [3.63, 3.8) is 0 Å². The van der Waals surface area contributed by atoms with Crippen LogP contribution >= 0.6 is 0 Å². The largest absolute Gasteiger partial charge is 0.339 e. The second kappa shape index (κ2) is 3.81. The van der Waals surface area contributed by atoms with Gasteiger partial charge in [0, 0.05) is 0 Å². The van der Waals surface area contributed by atoms with Crippen LogP contribution in [0.3, 0.4) is 0 Å². The van der Waals surface area contributed by atoms with Crippen LogP contribution < -0.4 is 10.6 Å². The minimum Gasteiger partial charge on any atom is -0.339 e. The van der Waals surface area contributed by atoms with Crippen LogP contribution in [0, 0.1) is 0 Å². The van der Waals surface area contributed by atoms with Crippen LogP contribution in [0.4, 0.5) is 11.4 Å². The predicted molar refractivity (Wildman–Crippen MR) is 62.1 cm³/mol. The van der Waals surface area contributed by atoms with E-state index < -0.39 is 0 Å². The van der Waals surface area contributed by atoms with Crippen molar-refractivity contribution < 1.29 is 9.59 Å². The summed E-state index contributed by atoms with van der Waals surface area (Å²) < 4.78 is 0. The van der Waals surface area contributed by atoms with Crippen molar-refractivity contribution in [1.29, 1.82) is 0 Å². The van der Waals surface area contributed by atoms with Gasteiger partial charge in [0.25, 0.3) is 0 Å². The Kier molecular flexibility index (Phi) is 2.48. The van der Waals surface area contributed by atoms with Gasteiger partial charge in [-0.15, -0.1) is 0 Å². The number of allylic oxidation sites excluding steroid dienone is 1. The Labute approximate surface area is 93.3 Å². The molecule has 0 saturated carbocycles. The summed E-state index contributed by atoms with van der Waals surface area (Å²) >= 11 is 0. The molecule has 0 amide bonds. The van der Waals surface area contributed by atoms with Crippen LogP contribution in [0.15, 0.2) is 35.7 Å². The van der Waals surface area contributed by atoms with Gasteiger partial charge in [-0.05, 0) is 26.0 Å². The third-order valence-corrected chi connectivity index (χ3v) is 2.40. The second-order valence-corrected chi connectivity index (χ2v) is 3.66. The molecule has 2 N–H and O–H groups in total. The smallest absolute Gasteiger partial charge is 0.167 e. The van der Waals surface area contributed by atoms with Gasteiger partial charge in [0.1, 0.15) is 11.4 Å². The molecule has 0 unspecified atom stereocenters. The quantitative estimate of drug-likeness (QED) is 0.450. The minimum absolute atomic E-state index is 0.177. The van der Waals surface area contributed by atoms with Gasteiger partial charge < -0.3 is 10.6 Å². The van der Waals surface area contributed by atoms with E-state index in [9.17, 15) is 9.59 Å². The molecule has 1 aliphatic heterocycles. The van der Waals surface area contributed by atoms with E-state index >= 15 is 0 Å². The van der Waals surface area contributed by atoms with Gasteiger partial charge in [-0.3, -0.25) is 9.59 Å². The number of para-hydroxylation sites is 2. The average Bonchev–Trinajstić information content (AvgIpc) is 2.58. The Bertz CT molecular complexity index is 460. The van der Waals surface area contributed by atoms with Gasteiger partial charge in [-0.2, -0.15) is 0 Å². The average molecular weight is 216 g/mol. The van der Waals surface area contributed by atoms with E-state index in [0.29, 0.717) is 5.82 Å². The lowest BCUT2D eigenvalue weighted by Crippen LogP contribution is -2.15. The minimum atomic E-state index is -0.240. The van der Waals surface area contributed by atoms with E-state index in [4.69, 9.17) is 0 Å². The van der Waals surface area contributed by atoms with E-state index in [-0.39, 0.29) is 17.1 Å². The summed E-state index contributed by atoms with van der Waals surface area (Å²) in [4.78, 5) is 22.7. The number of Topliss-reactive ketones (excluding diaryl/α,β-unsaturated/α-hetero) is 2. The lowest BCUT2D eigenvalue weighted by Gasteiger charge is -2.05. The first-order valence-corrected chi connectivity index (χ1v) is 4.99. The maximum Gasteiger partial charge on any atom is 0.167 e. The van der Waals surface area contributed by atoms with E-state index in [2.05, 4.69) is 10.6 Å². The van der Waals surface area contributed by atoms with E-state index in [0.717, 1.165) is 11.4 Å². The van der Waals surface area contributed by atoms with Gasteiger partial charge in [0.05, 0.1) is 11.4 Å². The number of fused-ring (bicyclic) bond motifs is 1. The number of hydrogen-bond donors (Lipinski definition) is 2. The maximum atomic E-state index is 11.4. The highest BCUT2D eigenvalue weighted by Crippen LogP contribution is 2.31. The first-order valence-electron chi connectivity index (χ1n) is 4.99. The Hall–Kier alpha value is -2.10. The number of anilines is 2. The van der Waals surface area contributed by atoms with Crippen molar-refractivity contribution in [2.45, 2.75) is 13.8 Å². The molecule has 82 valence electrons. The maximum absolute atomic E-state index is 11.4. The number of carbonyl (C=O) groups excluding carboxylic acids is 2. The first kappa shape index (κ1) is 10.4. The van der Waals surface area contributed by atoms with E-state index in [1.54, 1.807) is 0 Å². The Morgan fingerprint density at radius 2 is 1.38 bits per heavy atom.